The lowest BCUT2D eigenvalue weighted by atomic mass is 9.83. The quantitative estimate of drug-likeness (QED) is 0.858. The van der Waals surface area contributed by atoms with Crippen molar-refractivity contribution in [1.29, 1.82) is 0 Å². The maximum Gasteiger partial charge on any atom is 0.0741 e. The van der Waals surface area contributed by atoms with Crippen LogP contribution in [-0.2, 0) is 9.47 Å². The lowest BCUT2D eigenvalue weighted by Crippen LogP contribution is -2.50. The van der Waals surface area contributed by atoms with Crippen LogP contribution in [-0.4, -0.2) is 38.0 Å². The van der Waals surface area contributed by atoms with E-state index in [1.807, 2.05) is 0 Å². The van der Waals surface area contributed by atoms with Crippen LogP contribution in [0.2, 0.25) is 0 Å². The zero-order chi connectivity index (χ0) is 13.7. The van der Waals surface area contributed by atoms with Crippen LogP contribution >= 0.6 is 0 Å². The Bertz CT molecular complexity index is 277. The van der Waals surface area contributed by atoms with Crippen LogP contribution in [0.4, 0.5) is 0 Å². The Kier molecular flexibility index (Phi) is 5.36. The Morgan fingerprint density at radius 2 is 1.75 bits per heavy atom. The maximum absolute atomic E-state index is 6.11. The van der Waals surface area contributed by atoms with Gasteiger partial charge in [-0.05, 0) is 44.6 Å². The van der Waals surface area contributed by atoms with Crippen molar-refractivity contribution in [3.63, 3.8) is 0 Å². The zero-order valence-electron chi connectivity index (χ0n) is 12.9. The molecular weight excluding hydrogens is 250 g/mol. The van der Waals surface area contributed by atoms with Gasteiger partial charge < -0.3 is 14.8 Å². The lowest BCUT2D eigenvalue weighted by Gasteiger charge is -2.43. The molecule has 0 amide bonds. The summed E-state index contributed by atoms with van der Waals surface area (Å²) in [6, 6.07) is 0.672. The van der Waals surface area contributed by atoms with E-state index >= 15 is 0 Å². The predicted molar refractivity (Wildman–Crippen MR) is 81.0 cm³/mol. The van der Waals surface area contributed by atoms with E-state index in [1.165, 1.54) is 57.9 Å². The molecule has 3 heteroatoms. The van der Waals surface area contributed by atoms with E-state index in [0.29, 0.717) is 6.04 Å². The third kappa shape index (κ3) is 3.96. The van der Waals surface area contributed by atoms with Gasteiger partial charge in [0.05, 0.1) is 5.60 Å². The molecule has 3 rings (SSSR count). The molecule has 20 heavy (non-hydrogen) atoms. The number of hydrogen-bond donors (Lipinski definition) is 1. The van der Waals surface area contributed by atoms with Gasteiger partial charge in [-0.1, -0.05) is 32.1 Å². The van der Waals surface area contributed by atoms with E-state index in [2.05, 4.69) is 5.32 Å². The molecule has 3 nitrogen and oxygen atoms in total. The van der Waals surface area contributed by atoms with E-state index in [-0.39, 0.29) is 5.60 Å². The largest absolute Gasteiger partial charge is 0.381 e. The van der Waals surface area contributed by atoms with Crippen molar-refractivity contribution >= 4 is 0 Å². The van der Waals surface area contributed by atoms with Gasteiger partial charge in [-0.25, -0.2) is 0 Å². The Morgan fingerprint density at radius 1 is 0.950 bits per heavy atom. The van der Waals surface area contributed by atoms with Gasteiger partial charge >= 0.3 is 0 Å². The minimum atomic E-state index is 0.138. The van der Waals surface area contributed by atoms with Gasteiger partial charge in [-0.15, -0.1) is 0 Å². The van der Waals surface area contributed by atoms with Crippen molar-refractivity contribution in [1.82, 2.24) is 5.32 Å². The van der Waals surface area contributed by atoms with Crippen LogP contribution < -0.4 is 5.32 Å². The van der Waals surface area contributed by atoms with Crippen molar-refractivity contribution in [2.45, 2.75) is 75.9 Å². The molecular formula is C17H31NO2. The predicted octanol–water partition coefficient (Wildman–Crippen LogP) is 3.27. The number of rotatable bonds is 4. The van der Waals surface area contributed by atoms with Crippen molar-refractivity contribution in [2.24, 2.45) is 5.92 Å². The van der Waals surface area contributed by atoms with Gasteiger partial charge in [0.15, 0.2) is 0 Å². The molecule has 1 saturated carbocycles. The standard InChI is InChI=1S/C17H31NO2/c1-2-4-15(5-3-1)6-10-18-16-7-11-20-17(14-16)8-12-19-13-9-17/h15-16,18H,1-14H2. The second-order valence-corrected chi connectivity index (χ2v) is 7.08. The fourth-order valence-corrected chi connectivity index (χ4v) is 4.26. The van der Waals surface area contributed by atoms with Gasteiger partial charge in [0, 0.05) is 25.9 Å². The fraction of sp³-hybridized carbons (Fsp3) is 1.00. The molecule has 3 fully saturated rings. The Hall–Kier alpha value is -0.120. The molecule has 2 heterocycles. The van der Waals surface area contributed by atoms with Gasteiger partial charge in [0.25, 0.3) is 0 Å². The summed E-state index contributed by atoms with van der Waals surface area (Å²) >= 11 is 0. The first-order chi connectivity index (χ1) is 9.86. The van der Waals surface area contributed by atoms with E-state index in [9.17, 15) is 0 Å². The molecule has 0 aromatic carbocycles. The summed E-state index contributed by atoms with van der Waals surface area (Å²) < 4.78 is 11.6. The van der Waals surface area contributed by atoms with Crippen molar-refractivity contribution in [3.05, 3.63) is 0 Å². The normalized spacial score (nSPS) is 31.5. The molecule has 1 atom stereocenters. The van der Waals surface area contributed by atoms with Crippen LogP contribution in [0.1, 0.15) is 64.2 Å². The highest BCUT2D eigenvalue weighted by molar-refractivity contribution is 4.91. The average molecular weight is 281 g/mol. The van der Waals surface area contributed by atoms with E-state index in [4.69, 9.17) is 9.47 Å². The molecule has 1 N–H and O–H groups in total. The molecule has 0 aromatic rings. The molecule has 1 aliphatic carbocycles. The van der Waals surface area contributed by atoms with Gasteiger partial charge in [-0.2, -0.15) is 0 Å². The average Bonchev–Trinajstić information content (AvgIpc) is 2.49. The molecule has 2 saturated heterocycles. The first-order valence-electron chi connectivity index (χ1n) is 8.81. The Labute approximate surface area is 123 Å². The van der Waals surface area contributed by atoms with Crippen LogP contribution in [0.25, 0.3) is 0 Å². The zero-order valence-corrected chi connectivity index (χ0v) is 12.9. The minimum absolute atomic E-state index is 0.138. The molecule has 0 bridgehead atoms. The summed E-state index contributed by atoms with van der Waals surface area (Å²) in [5, 5.41) is 3.82. The number of nitrogens with one attached hydrogen (secondary N) is 1. The summed E-state index contributed by atoms with van der Waals surface area (Å²) in [4.78, 5) is 0. The SMILES string of the molecule is C1CCC(CCNC2CCOC3(CCOCC3)C2)CC1. The van der Waals surface area contributed by atoms with E-state index in [1.54, 1.807) is 0 Å². The summed E-state index contributed by atoms with van der Waals surface area (Å²) in [5.41, 5.74) is 0.138. The highest BCUT2D eigenvalue weighted by Crippen LogP contribution is 2.34. The van der Waals surface area contributed by atoms with Crippen LogP contribution in [0, 0.1) is 5.92 Å². The Morgan fingerprint density at radius 3 is 2.55 bits per heavy atom. The smallest absolute Gasteiger partial charge is 0.0741 e. The van der Waals surface area contributed by atoms with Gasteiger partial charge in [0.1, 0.15) is 0 Å². The summed E-state index contributed by atoms with van der Waals surface area (Å²) in [6.07, 6.45) is 13.3. The minimum Gasteiger partial charge on any atom is -0.381 e. The lowest BCUT2D eigenvalue weighted by molar-refractivity contribution is -0.140. The molecule has 1 unspecified atom stereocenters. The fourth-order valence-electron chi connectivity index (χ4n) is 4.26. The third-order valence-corrected chi connectivity index (χ3v) is 5.61. The van der Waals surface area contributed by atoms with Crippen LogP contribution in [0.15, 0.2) is 0 Å². The summed E-state index contributed by atoms with van der Waals surface area (Å²) in [7, 11) is 0. The van der Waals surface area contributed by atoms with Gasteiger partial charge in [0.2, 0.25) is 0 Å². The van der Waals surface area contributed by atoms with E-state index in [0.717, 1.165) is 38.6 Å². The second-order valence-electron chi connectivity index (χ2n) is 7.08. The second kappa shape index (κ2) is 7.24. The number of ether oxygens (including phenoxy) is 2. The summed E-state index contributed by atoms with van der Waals surface area (Å²) in [5.74, 6) is 0.994. The van der Waals surface area contributed by atoms with Gasteiger partial charge in [-0.3, -0.25) is 0 Å². The molecule has 1 spiro atoms. The van der Waals surface area contributed by atoms with Crippen molar-refractivity contribution in [2.75, 3.05) is 26.4 Å². The highest BCUT2D eigenvalue weighted by atomic mass is 16.5. The highest BCUT2D eigenvalue weighted by Gasteiger charge is 2.38. The van der Waals surface area contributed by atoms with Crippen LogP contribution in [0.5, 0.6) is 0 Å². The molecule has 2 aliphatic heterocycles. The van der Waals surface area contributed by atoms with Crippen LogP contribution in [0.3, 0.4) is 0 Å². The summed E-state index contributed by atoms with van der Waals surface area (Å²) in [6.45, 7) is 3.91. The number of hydrogen-bond acceptors (Lipinski definition) is 3. The first kappa shape index (κ1) is 14.8. The van der Waals surface area contributed by atoms with E-state index < -0.39 is 0 Å². The topological polar surface area (TPSA) is 30.5 Å². The monoisotopic (exact) mass is 281 g/mol. The van der Waals surface area contributed by atoms with Crippen molar-refractivity contribution in [3.8, 4) is 0 Å². The molecule has 3 aliphatic rings. The first-order valence-corrected chi connectivity index (χ1v) is 8.81. The molecule has 0 radical (unpaired) electrons. The van der Waals surface area contributed by atoms with Crippen molar-refractivity contribution < 1.29 is 9.47 Å². The molecule has 116 valence electrons. The maximum atomic E-state index is 6.11. The molecule has 0 aromatic heterocycles. The Balaban J connectivity index is 1.38. The third-order valence-electron chi connectivity index (χ3n) is 5.61.